The molecule has 0 aliphatic rings. The van der Waals surface area contributed by atoms with Crippen LogP contribution in [0.1, 0.15) is 37.1 Å². The Morgan fingerprint density at radius 1 is 0.650 bits per heavy atom. The Morgan fingerprint density at radius 2 is 1.00 bits per heavy atom. The Hall–Kier alpha value is -2.22. The zero-order chi connectivity index (χ0) is 14.2. The van der Waals surface area contributed by atoms with Crippen LogP contribution in [0.4, 0.5) is 0 Å². The summed E-state index contributed by atoms with van der Waals surface area (Å²) in [6, 6.07) is 20.9. The second kappa shape index (κ2) is 7.39. The molecule has 2 rings (SSSR count). The minimum absolute atomic E-state index is 0.162. The van der Waals surface area contributed by atoms with E-state index >= 15 is 0 Å². The zero-order valence-corrected chi connectivity index (χ0v) is 12.0. The molecular formula is C18H20N2. The van der Waals surface area contributed by atoms with Gasteiger partial charge in [-0.2, -0.15) is 0 Å². The fraction of sp³-hybridized carbons (Fsp3) is 0.222. The van der Waals surface area contributed by atoms with Gasteiger partial charge in [0.25, 0.3) is 0 Å². The van der Waals surface area contributed by atoms with E-state index in [9.17, 15) is 0 Å². The topological polar surface area (TPSA) is 24.7 Å². The van der Waals surface area contributed by atoms with Crippen molar-refractivity contribution in [3.63, 3.8) is 0 Å². The van der Waals surface area contributed by atoms with Gasteiger partial charge in [0.15, 0.2) is 0 Å². The van der Waals surface area contributed by atoms with Gasteiger partial charge in [-0.1, -0.05) is 60.7 Å². The Balaban J connectivity index is 1.91. The minimum atomic E-state index is 0.162. The lowest BCUT2D eigenvalue weighted by Gasteiger charge is -2.06. The molecule has 2 heteroatoms. The van der Waals surface area contributed by atoms with Crippen molar-refractivity contribution in [3.05, 3.63) is 71.8 Å². The summed E-state index contributed by atoms with van der Waals surface area (Å²) in [6.45, 7) is 4.17. The lowest BCUT2D eigenvalue weighted by molar-refractivity contribution is 0.820. The molecule has 2 aromatic carbocycles. The van der Waals surface area contributed by atoms with Gasteiger partial charge >= 0.3 is 0 Å². The van der Waals surface area contributed by atoms with Crippen LogP contribution in [0.3, 0.4) is 0 Å². The maximum Gasteiger partial charge on any atom is 0.0721 e. The summed E-state index contributed by atoms with van der Waals surface area (Å²) in [5.41, 5.74) is 2.43. The van der Waals surface area contributed by atoms with E-state index in [4.69, 9.17) is 0 Å². The molecule has 0 saturated carbocycles. The summed E-state index contributed by atoms with van der Waals surface area (Å²) in [5.74, 6) is 0. The van der Waals surface area contributed by atoms with E-state index in [-0.39, 0.29) is 12.1 Å². The molecule has 102 valence electrons. The average molecular weight is 264 g/mol. The van der Waals surface area contributed by atoms with Crippen molar-refractivity contribution < 1.29 is 0 Å². The summed E-state index contributed by atoms with van der Waals surface area (Å²) in [4.78, 5) is 8.97. The molecule has 2 aromatic rings. The van der Waals surface area contributed by atoms with Crippen LogP contribution in [0.15, 0.2) is 70.6 Å². The van der Waals surface area contributed by atoms with Gasteiger partial charge in [-0.15, -0.1) is 0 Å². The van der Waals surface area contributed by atoms with E-state index in [1.165, 1.54) is 11.1 Å². The van der Waals surface area contributed by atoms with Crippen molar-refractivity contribution in [3.8, 4) is 0 Å². The van der Waals surface area contributed by atoms with Crippen molar-refractivity contribution in [2.24, 2.45) is 9.98 Å². The third-order valence-electron chi connectivity index (χ3n) is 3.25. The smallest absolute Gasteiger partial charge is 0.0721 e. The summed E-state index contributed by atoms with van der Waals surface area (Å²) >= 11 is 0. The van der Waals surface area contributed by atoms with E-state index < -0.39 is 0 Å². The molecule has 0 radical (unpaired) electrons. The summed E-state index contributed by atoms with van der Waals surface area (Å²) in [5, 5.41) is 0. The Morgan fingerprint density at radius 3 is 1.35 bits per heavy atom. The fourth-order valence-corrected chi connectivity index (χ4v) is 1.97. The molecule has 0 aromatic heterocycles. The highest BCUT2D eigenvalue weighted by molar-refractivity contribution is 6.16. The summed E-state index contributed by atoms with van der Waals surface area (Å²) < 4.78 is 0. The average Bonchev–Trinajstić information content (AvgIpc) is 2.53. The van der Waals surface area contributed by atoms with Gasteiger partial charge in [-0.25, -0.2) is 0 Å². The quantitative estimate of drug-likeness (QED) is 0.702. The lowest BCUT2D eigenvalue weighted by Crippen LogP contribution is -1.92. The highest BCUT2D eigenvalue weighted by Gasteiger charge is 2.00. The number of aliphatic imine (C=N–C) groups is 2. The van der Waals surface area contributed by atoms with Crippen molar-refractivity contribution in [1.82, 2.24) is 0 Å². The summed E-state index contributed by atoms with van der Waals surface area (Å²) in [6.07, 6.45) is 3.58. The molecule has 20 heavy (non-hydrogen) atoms. The van der Waals surface area contributed by atoms with Gasteiger partial charge < -0.3 is 0 Å². The Kier molecular flexibility index (Phi) is 5.24. The predicted octanol–water partition coefficient (Wildman–Crippen LogP) is 4.65. The van der Waals surface area contributed by atoms with Crippen LogP contribution in [0.5, 0.6) is 0 Å². The standard InChI is InChI=1S/C18H20N2/c1-15(17-9-5-3-6-10-17)19-13-14-20-16(2)18-11-7-4-8-12-18/h3-16H,1-2H3/t15-,16-/m1/s1. The number of rotatable bonds is 5. The van der Waals surface area contributed by atoms with Gasteiger partial charge in [0.05, 0.1) is 12.1 Å². The number of hydrogen-bond donors (Lipinski definition) is 0. The van der Waals surface area contributed by atoms with E-state index in [0.29, 0.717) is 0 Å². The number of hydrogen-bond acceptors (Lipinski definition) is 2. The van der Waals surface area contributed by atoms with E-state index in [0.717, 1.165) is 0 Å². The monoisotopic (exact) mass is 264 g/mol. The molecule has 0 amide bonds. The molecule has 2 atom stereocenters. The van der Waals surface area contributed by atoms with Crippen LogP contribution >= 0.6 is 0 Å². The van der Waals surface area contributed by atoms with Crippen LogP contribution < -0.4 is 0 Å². The molecule has 0 saturated heterocycles. The minimum Gasteiger partial charge on any atom is -0.284 e. The van der Waals surface area contributed by atoms with Gasteiger partial charge in [-0.3, -0.25) is 9.98 Å². The highest BCUT2D eigenvalue weighted by Crippen LogP contribution is 2.16. The van der Waals surface area contributed by atoms with Crippen molar-refractivity contribution in [1.29, 1.82) is 0 Å². The first-order chi connectivity index (χ1) is 9.77. The molecule has 0 aliphatic carbocycles. The maximum absolute atomic E-state index is 4.49. The molecule has 0 fully saturated rings. The molecular weight excluding hydrogens is 244 g/mol. The normalized spacial score (nSPS) is 14.7. The van der Waals surface area contributed by atoms with Gasteiger partial charge in [0, 0.05) is 12.4 Å². The first-order valence-electron chi connectivity index (χ1n) is 6.92. The van der Waals surface area contributed by atoms with Gasteiger partial charge in [0.1, 0.15) is 0 Å². The Bertz CT molecular complexity index is 505. The predicted molar refractivity (Wildman–Crippen MR) is 86.7 cm³/mol. The molecule has 0 heterocycles. The molecule has 0 spiro atoms. The summed E-state index contributed by atoms with van der Waals surface area (Å²) in [7, 11) is 0. The zero-order valence-electron chi connectivity index (χ0n) is 12.0. The molecule has 0 bridgehead atoms. The van der Waals surface area contributed by atoms with Crippen molar-refractivity contribution >= 4 is 12.4 Å². The molecule has 0 N–H and O–H groups in total. The van der Waals surface area contributed by atoms with Crippen LogP contribution in [0.25, 0.3) is 0 Å². The lowest BCUT2D eigenvalue weighted by atomic mass is 10.1. The van der Waals surface area contributed by atoms with Gasteiger partial charge in [-0.05, 0) is 25.0 Å². The number of nitrogens with zero attached hydrogens (tertiary/aromatic N) is 2. The second-order valence-corrected chi connectivity index (χ2v) is 4.77. The third-order valence-corrected chi connectivity index (χ3v) is 3.25. The molecule has 0 unspecified atom stereocenters. The van der Waals surface area contributed by atoms with E-state index in [1.54, 1.807) is 12.4 Å². The fourth-order valence-electron chi connectivity index (χ4n) is 1.97. The van der Waals surface area contributed by atoms with E-state index in [1.807, 2.05) is 36.4 Å². The first-order valence-corrected chi connectivity index (χ1v) is 6.92. The second-order valence-electron chi connectivity index (χ2n) is 4.77. The van der Waals surface area contributed by atoms with E-state index in [2.05, 4.69) is 48.1 Å². The van der Waals surface area contributed by atoms with Crippen LogP contribution in [0.2, 0.25) is 0 Å². The highest BCUT2D eigenvalue weighted by atomic mass is 14.8. The largest absolute Gasteiger partial charge is 0.284 e. The van der Waals surface area contributed by atoms with Crippen LogP contribution in [-0.4, -0.2) is 12.4 Å². The maximum atomic E-state index is 4.49. The van der Waals surface area contributed by atoms with Crippen LogP contribution in [0, 0.1) is 0 Å². The van der Waals surface area contributed by atoms with Crippen molar-refractivity contribution in [2.75, 3.05) is 0 Å². The van der Waals surface area contributed by atoms with Gasteiger partial charge in [0.2, 0.25) is 0 Å². The van der Waals surface area contributed by atoms with Crippen molar-refractivity contribution in [2.45, 2.75) is 25.9 Å². The number of benzene rings is 2. The first kappa shape index (κ1) is 14.2. The van der Waals surface area contributed by atoms with Crippen LogP contribution in [-0.2, 0) is 0 Å². The SMILES string of the molecule is C[C@@H](N=CC=N[C@H](C)c1ccccc1)c1ccccc1. The Labute approximate surface area is 120 Å². The molecule has 0 aliphatic heterocycles. The third kappa shape index (κ3) is 4.16. The molecule has 2 nitrogen and oxygen atoms in total.